The van der Waals surface area contributed by atoms with Gasteiger partial charge in [-0.25, -0.2) is 31.0 Å². The second-order valence-corrected chi connectivity index (χ2v) is 17.3. The summed E-state index contributed by atoms with van der Waals surface area (Å²) >= 11 is 0. The maximum atomic E-state index is 15.4. The summed E-state index contributed by atoms with van der Waals surface area (Å²) in [6.45, 7) is 6.52. The molecule has 4 heterocycles. The van der Waals surface area contributed by atoms with Crippen molar-refractivity contribution in [3.63, 3.8) is 0 Å². The Morgan fingerprint density at radius 3 is 2.38 bits per heavy atom. The fourth-order valence-electron chi connectivity index (χ4n) is 7.18. The summed E-state index contributed by atoms with van der Waals surface area (Å²) < 4.78 is 114. The van der Waals surface area contributed by atoms with Crippen molar-refractivity contribution < 1.29 is 39.6 Å². The minimum atomic E-state index is -3.53. The number of halogens is 6. The van der Waals surface area contributed by atoms with Crippen molar-refractivity contribution in [3.8, 4) is 23.0 Å². The lowest BCUT2D eigenvalue weighted by Gasteiger charge is -2.23. The quantitative estimate of drug-likeness (QED) is 0.123. The van der Waals surface area contributed by atoms with Gasteiger partial charge in [0.05, 0.1) is 11.7 Å². The van der Waals surface area contributed by atoms with Crippen LogP contribution in [0.4, 0.5) is 26.3 Å². The Balaban J connectivity index is 1.37. The van der Waals surface area contributed by atoms with Crippen LogP contribution in [0.2, 0.25) is 0 Å². The Kier molecular flexibility index (Phi) is 9.34. The third-order valence-corrected chi connectivity index (χ3v) is 10.3. The van der Waals surface area contributed by atoms with Crippen LogP contribution in [-0.2, 0) is 39.3 Å². The molecule has 10 nitrogen and oxygen atoms in total. The molecule has 2 aliphatic carbocycles. The number of hydrogen-bond acceptors (Lipinski definition) is 7. The topological polar surface area (TPSA) is 124 Å². The van der Waals surface area contributed by atoms with Crippen molar-refractivity contribution in [2.24, 2.45) is 11.3 Å². The normalized spacial score (nSPS) is 17.8. The van der Waals surface area contributed by atoms with Gasteiger partial charge in [0.1, 0.15) is 41.0 Å². The predicted molar refractivity (Wildman–Crippen MR) is 189 cm³/mol. The number of fused-ring (bicyclic) bond motifs is 4. The molecule has 2 aliphatic rings. The lowest BCUT2D eigenvalue weighted by Crippen LogP contribution is -2.35. The number of nitrogens with zero attached hydrogens (tertiary/aromatic N) is 6. The van der Waals surface area contributed by atoms with Crippen LogP contribution in [0.25, 0.3) is 16.8 Å². The number of amides is 1. The standard InChI is InChI=1S/C38H35F6N7O3S/c1-19-6-8-25(36-48-47-29(51(19)36)18-55(5,53)54)24-9-7-23(10-11-37(2,3)4)45-32(24)28(14-20-12-21(39)15-22(40)13-20)46-30(52)17-50-34-31(33(49-50)35(41)42)26-16-27(26)38(34,43)44/h6-9,12-13,15,26-28,35H,14,16-18H2,1-5H3,(H,46,52)/t26-,27+,28-/m0/s1. The first-order valence-electron chi connectivity index (χ1n) is 17.3. The van der Waals surface area contributed by atoms with Crippen molar-refractivity contribution in [2.45, 2.75) is 77.1 Å². The average molecular weight is 784 g/mol. The van der Waals surface area contributed by atoms with E-state index in [1.807, 2.05) is 20.8 Å². The van der Waals surface area contributed by atoms with E-state index < -0.39 is 86.7 Å². The molecule has 55 heavy (non-hydrogen) atoms. The number of pyridine rings is 2. The highest BCUT2D eigenvalue weighted by Crippen LogP contribution is 2.68. The molecule has 0 unspecified atom stereocenters. The number of rotatable bonds is 10. The Hall–Kier alpha value is -5.24. The van der Waals surface area contributed by atoms with Crippen LogP contribution in [0.3, 0.4) is 0 Å². The van der Waals surface area contributed by atoms with Crippen molar-refractivity contribution in [1.82, 2.24) is 34.7 Å². The highest BCUT2D eigenvalue weighted by Gasteiger charge is 2.67. The van der Waals surface area contributed by atoms with E-state index in [9.17, 15) is 30.8 Å². The van der Waals surface area contributed by atoms with Crippen LogP contribution in [0.15, 0.2) is 42.5 Å². The van der Waals surface area contributed by atoms with Gasteiger partial charge in [0.2, 0.25) is 5.91 Å². The first-order valence-corrected chi connectivity index (χ1v) is 19.3. The maximum absolute atomic E-state index is 15.4. The van der Waals surface area contributed by atoms with E-state index in [0.29, 0.717) is 27.6 Å². The molecule has 3 atom stereocenters. The molecule has 1 aromatic carbocycles. The lowest BCUT2D eigenvalue weighted by atomic mass is 9.94. The number of aryl methyl sites for hydroxylation is 1. The van der Waals surface area contributed by atoms with Crippen LogP contribution < -0.4 is 5.32 Å². The third-order valence-electron chi connectivity index (χ3n) is 9.47. The molecule has 0 bridgehead atoms. The Morgan fingerprint density at radius 2 is 1.73 bits per heavy atom. The van der Waals surface area contributed by atoms with Crippen LogP contribution in [-0.4, -0.2) is 49.9 Å². The Bertz CT molecular complexity index is 2530. The van der Waals surface area contributed by atoms with E-state index in [1.165, 1.54) is 0 Å². The molecule has 5 aromatic rings. The molecular weight excluding hydrogens is 749 g/mol. The Labute approximate surface area is 312 Å². The van der Waals surface area contributed by atoms with Gasteiger partial charge in [-0.05, 0) is 94.3 Å². The van der Waals surface area contributed by atoms with Crippen LogP contribution in [0, 0.1) is 41.7 Å². The molecule has 288 valence electrons. The largest absolute Gasteiger partial charge is 0.346 e. The summed E-state index contributed by atoms with van der Waals surface area (Å²) in [4.78, 5) is 18.7. The SMILES string of the molecule is Cc1ccc(-c2ccc(C#CC(C)(C)C)nc2[C@H](Cc2cc(F)cc(F)c2)NC(=O)Cn2nc(C(F)F)c3c2C(F)(F)[C@@H]2C[C@H]32)c2nnc(CS(C)(=O)=O)n12. The lowest BCUT2D eigenvalue weighted by molar-refractivity contribution is -0.123. The first-order chi connectivity index (χ1) is 25.7. The molecule has 1 amide bonds. The number of benzene rings is 1. The molecule has 17 heteroatoms. The summed E-state index contributed by atoms with van der Waals surface area (Å²) in [5, 5.41) is 14.9. The van der Waals surface area contributed by atoms with E-state index in [2.05, 4.69) is 32.5 Å². The van der Waals surface area contributed by atoms with E-state index in [1.54, 1.807) is 35.6 Å². The van der Waals surface area contributed by atoms with Crippen molar-refractivity contribution in [1.29, 1.82) is 0 Å². The van der Waals surface area contributed by atoms with Gasteiger partial charge in [-0.15, -0.1) is 10.2 Å². The molecule has 1 fully saturated rings. The zero-order chi connectivity index (χ0) is 39.8. The predicted octanol–water partition coefficient (Wildman–Crippen LogP) is 6.76. The number of nitrogens with one attached hydrogen (secondary N) is 1. The molecule has 0 radical (unpaired) electrons. The minimum absolute atomic E-state index is 0.0425. The smallest absolute Gasteiger partial charge is 0.293 e. The number of sulfone groups is 1. The van der Waals surface area contributed by atoms with Gasteiger partial charge < -0.3 is 5.32 Å². The molecule has 0 spiro atoms. The number of alkyl halides is 4. The van der Waals surface area contributed by atoms with Gasteiger partial charge >= 0.3 is 0 Å². The van der Waals surface area contributed by atoms with Gasteiger partial charge in [-0.2, -0.15) is 13.9 Å². The fourth-order valence-corrected chi connectivity index (χ4v) is 7.83. The van der Waals surface area contributed by atoms with Crippen molar-refractivity contribution in [3.05, 3.63) is 99.5 Å². The summed E-state index contributed by atoms with van der Waals surface area (Å²) in [5.41, 5.74) is -0.125. The molecule has 0 saturated heterocycles. The molecule has 0 aliphatic heterocycles. The van der Waals surface area contributed by atoms with E-state index in [0.717, 1.165) is 18.4 Å². The summed E-state index contributed by atoms with van der Waals surface area (Å²) in [6.07, 6.45) is -2.31. The summed E-state index contributed by atoms with van der Waals surface area (Å²) in [6, 6.07) is 8.24. The minimum Gasteiger partial charge on any atom is -0.346 e. The molecule has 1 N–H and O–H groups in total. The fraction of sp³-hybridized carbons (Fsp3) is 0.395. The van der Waals surface area contributed by atoms with E-state index in [4.69, 9.17) is 4.98 Å². The van der Waals surface area contributed by atoms with Crippen LogP contribution in [0.1, 0.15) is 91.0 Å². The number of hydrogen-bond donors (Lipinski definition) is 1. The van der Waals surface area contributed by atoms with E-state index >= 15 is 8.78 Å². The summed E-state index contributed by atoms with van der Waals surface area (Å²) in [7, 11) is -3.53. The summed E-state index contributed by atoms with van der Waals surface area (Å²) in [5.74, 6) is -2.28. The molecule has 4 aromatic heterocycles. The molecule has 1 saturated carbocycles. The second-order valence-electron chi connectivity index (χ2n) is 15.1. The highest BCUT2D eigenvalue weighted by atomic mass is 32.2. The van der Waals surface area contributed by atoms with Gasteiger partial charge in [-0.1, -0.05) is 5.92 Å². The van der Waals surface area contributed by atoms with Gasteiger partial charge in [0.15, 0.2) is 21.3 Å². The highest BCUT2D eigenvalue weighted by molar-refractivity contribution is 7.89. The molecule has 7 rings (SSSR count). The average Bonchev–Trinajstić information content (AvgIpc) is 3.54. The number of carbonyl (C=O) groups is 1. The van der Waals surface area contributed by atoms with Gasteiger partial charge in [0, 0.05) is 46.0 Å². The monoisotopic (exact) mass is 783 g/mol. The zero-order valence-corrected chi connectivity index (χ0v) is 31.1. The Morgan fingerprint density at radius 1 is 1.04 bits per heavy atom. The number of carbonyl (C=O) groups excluding carboxylic acids is 1. The second kappa shape index (κ2) is 13.5. The zero-order valence-electron chi connectivity index (χ0n) is 30.3. The van der Waals surface area contributed by atoms with Crippen molar-refractivity contribution >= 4 is 21.4 Å². The maximum Gasteiger partial charge on any atom is 0.293 e. The third kappa shape index (κ3) is 7.56. The van der Waals surface area contributed by atoms with Gasteiger partial charge in [-0.3, -0.25) is 13.9 Å². The van der Waals surface area contributed by atoms with E-state index in [-0.39, 0.29) is 46.8 Å². The van der Waals surface area contributed by atoms with Crippen molar-refractivity contribution in [2.75, 3.05) is 6.26 Å². The first kappa shape index (κ1) is 38.1. The van der Waals surface area contributed by atoms with Crippen LogP contribution >= 0.6 is 0 Å². The number of aromatic nitrogens is 6. The van der Waals surface area contributed by atoms with Crippen LogP contribution in [0.5, 0.6) is 0 Å². The molecular formula is C38H35F6N7O3S. The van der Waals surface area contributed by atoms with Gasteiger partial charge in [0.25, 0.3) is 12.3 Å².